The number of nitrogens with zero attached hydrogens (tertiary/aromatic N) is 1. The monoisotopic (exact) mass is 357 g/mol. The summed E-state index contributed by atoms with van der Waals surface area (Å²) in [6.45, 7) is 7.55. The summed E-state index contributed by atoms with van der Waals surface area (Å²) < 4.78 is 0. The normalized spacial score (nSPS) is 10.2. The van der Waals surface area contributed by atoms with E-state index in [1.165, 1.54) is 0 Å². The van der Waals surface area contributed by atoms with Crippen LogP contribution < -0.4 is 10.6 Å². The second-order valence-electron chi connectivity index (χ2n) is 5.27. The fourth-order valence-electron chi connectivity index (χ4n) is 2.44. The predicted molar refractivity (Wildman–Crippen MR) is 107 cm³/mol. The molecular formula is C20H24ClN3O. The van der Waals surface area contributed by atoms with Crippen molar-refractivity contribution in [3.8, 4) is 5.75 Å². The van der Waals surface area contributed by atoms with E-state index in [-0.39, 0.29) is 5.75 Å². The lowest BCUT2D eigenvalue weighted by molar-refractivity contribution is 0.465. The Hall–Kier alpha value is -2.30. The number of hydrogen-bond donors (Lipinski definition) is 3. The topological polar surface area (TPSA) is 57.2 Å². The average molecular weight is 358 g/mol. The molecule has 1 heterocycles. The molecule has 0 saturated heterocycles. The van der Waals surface area contributed by atoms with Crippen LogP contribution >= 0.6 is 11.6 Å². The van der Waals surface area contributed by atoms with Gasteiger partial charge in [0, 0.05) is 46.2 Å². The Morgan fingerprint density at radius 3 is 2.60 bits per heavy atom. The number of phenols is 1. The van der Waals surface area contributed by atoms with Crippen LogP contribution in [0.25, 0.3) is 10.9 Å². The number of anilines is 2. The number of aromatic nitrogens is 1. The van der Waals surface area contributed by atoms with Crippen molar-refractivity contribution in [3.63, 3.8) is 0 Å². The van der Waals surface area contributed by atoms with Gasteiger partial charge in [-0.15, -0.1) is 0 Å². The molecule has 0 atom stereocenters. The molecule has 1 aromatic heterocycles. The lowest BCUT2D eigenvalue weighted by atomic mass is 10.1. The number of pyridine rings is 1. The minimum atomic E-state index is 0.275. The minimum Gasteiger partial charge on any atom is -0.508 e. The summed E-state index contributed by atoms with van der Waals surface area (Å²) in [7, 11) is 0. The van der Waals surface area contributed by atoms with E-state index in [4.69, 9.17) is 11.6 Å². The van der Waals surface area contributed by atoms with Gasteiger partial charge in [0.15, 0.2) is 0 Å². The fraction of sp³-hybridized carbons (Fsp3) is 0.250. The van der Waals surface area contributed by atoms with Crippen LogP contribution in [0, 0.1) is 0 Å². The molecule has 0 aliphatic carbocycles. The SMILES string of the molecule is CC.CCNCc1ccc(Nc2ccnc3cc(Cl)ccc23)cc1O. The quantitative estimate of drug-likeness (QED) is 0.566. The molecule has 2 aromatic carbocycles. The average Bonchev–Trinajstić information content (AvgIpc) is 2.63. The summed E-state index contributed by atoms with van der Waals surface area (Å²) in [6.07, 6.45) is 1.74. The number of phenolic OH excluding ortho intramolecular Hbond substituents is 1. The third kappa shape index (κ3) is 4.84. The van der Waals surface area contributed by atoms with E-state index in [0.29, 0.717) is 11.6 Å². The Kier molecular flexibility index (Phi) is 7.04. The third-order valence-corrected chi connectivity index (χ3v) is 3.87. The molecule has 0 aliphatic rings. The summed E-state index contributed by atoms with van der Waals surface area (Å²) in [4.78, 5) is 4.33. The molecule has 3 rings (SSSR count). The molecular weight excluding hydrogens is 334 g/mol. The smallest absolute Gasteiger partial charge is 0.122 e. The number of aromatic hydroxyl groups is 1. The summed E-state index contributed by atoms with van der Waals surface area (Å²) in [6, 6.07) is 13.1. The van der Waals surface area contributed by atoms with Gasteiger partial charge in [-0.25, -0.2) is 0 Å². The maximum atomic E-state index is 10.1. The van der Waals surface area contributed by atoms with Gasteiger partial charge in [-0.1, -0.05) is 38.4 Å². The molecule has 4 nitrogen and oxygen atoms in total. The summed E-state index contributed by atoms with van der Waals surface area (Å²) in [5.74, 6) is 0.275. The zero-order valence-electron chi connectivity index (χ0n) is 14.8. The van der Waals surface area contributed by atoms with Crippen LogP contribution in [0.2, 0.25) is 5.02 Å². The van der Waals surface area contributed by atoms with E-state index in [0.717, 1.165) is 34.4 Å². The largest absolute Gasteiger partial charge is 0.508 e. The Morgan fingerprint density at radius 1 is 1.08 bits per heavy atom. The van der Waals surface area contributed by atoms with E-state index < -0.39 is 0 Å². The number of benzene rings is 2. The number of rotatable bonds is 5. The Balaban J connectivity index is 0.00000109. The molecule has 25 heavy (non-hydrogen) atoms. The van der Waals surface area contributed by atoms with Crippen molar-refractivity contribution >= 4 is 33.9 Å². The van der Waals surface area contributed by atoms with Crippen LogP contribution in [0.4, 0.5) is 11.4 Å². The Labute approximate surface area is 153 Å². The van der Waals surface area contributed by atoms with Crippen molar-refractivity contribution in [1.29, 1.82) is 0 Å². The van der Waals surface area contributed by atoms with Crippen molar-refractivity contribution in [2.75, 3.05) is 11.9 Å². The number of nitrogens with one attached hydrogen (secondary N) is 2. The second-order valence-corrected chi connectivity index (χ2v) is 5.71. The van der Waals surface area contributed by atoms with Crippen molar-refractivity contribution in [2.24, 2.45) is 0 Å². The van der Waals surface area contributed by atoms with Gasteiger partial charge in [0.1, 0.15) is 5.75 Å². The molecule has 0 radical (unpaired) electrons. The zero-order valence-corrected chi connectivity index (χ0v) is 15.6. The highest BCUT2D eigenvalue weighted by atomic mass is 35.5. The summed E-state index contributed by atoms with van der Waals surface area (Å²) >= 11 is 6.01. The van der Waals surface area contributed by atoms with Crippen LogP contribution in [0.5, 0.6) is 5.75 Å². The standard InChI is InChI=1S/C18H18ClN3O.C2H6/c1-2-20-11-12-3-5-14(10-18(12)23)22-16-7-8-21-17-9-13(19)4-6-15(16)17;1-2/h3-10,20,23H,2,11H2,1H3,(H,21,22);1-2H3. The number of hydrogen-bond acceptors (Lipinski definition) is 4. The fourth-order valence-corrected chi connectivity index (χ4v) is 2.60. The highest BCUT2D eigenvalue weighted by Crippen LogP contribution is 2.29. The Bertz CT molecular complexity index is 836. The first-order valence-electron chi connectivity index (χ1n) is 8.51. The van der Waals surface area contributed by atoms with Gasteiger partial charge in [-0.3, -0.25) is 4.98 Å². The summed E-state index contributed by atoms with van der Waals surface area (Å²) in [5.41, 5.74) is 3.45. The highest BCUT2D eigenvalue weighted by molar-refractivity contribution is 6.31. The van der Waals surface area contributed by atoms with Crippen LogP contribution in [0.1, 0.15) is 26.3 Å². The minimum absolute atomic E-state index is 0.275. The van der Waals surface area contributed by atoms with Crippen LogP contribution in [-0.4, -0.2) is 16.6 Å². The lowest BCUT2D eigenvalue weighted by Gasteiger charge is -2.12. The molecule has 3 N–H and O–H groups in total. The molecule has 132 valence electrons. The van der Waals surface area contributed by atoms with Crippen LogP contribution in [0.15, 0.2) is 48.7 Å². The molecule has 5 heteroatoms. The molecule has 0 spiro atoms. The first kappa shape index (κ1) is 19.0. The first-order valence-corrected chi connectivity index (χ1v) is 8.89. The van der Waals surface area contributed by atoms with Crippen LogP contribution in [-0.2, 0) is 6.54 Å². The molecule has 0 amide bonds. The van der Waals surface area contributed by atoms with Crippen LogP contribution in [0.3, 0.4) is 0 Å². The second kappa shape index (κ2) is 9.25. The maximum Gasteiger partial charge on any atom is 0.122 e. The van der Waals surface area contributed by atoms with E-state index in [1.807, 2.05) is 57.2 Å². The van der Waals surface area contributed by atoms with E-state index >= 15 is 0 Å². The molecule has 0 aliphatic heterocycles. The number of fused-ring (bicyclic) bond motifs is 1. The van der Waals surface area contributed by atoms with Gasteiger partial charge in [0.05, 0.1) is 5.52 Å². The van der Waals surface area contributed by atoms with Crippen molar-refractivity contribution in [1.82, 2.24) is 10.3 Å². The Morgan fingerprint density at radius 2 is 1.88 bits per heavy atom. The van der Waals surface area contributed by atoms with E-state index in [2.05, 4.69) is 15.6 Å². The van der Waals surface area contributed by atoms with Gasteiger partial charge < -0.3 is 15.7 Å². The van der Waals surface area contributed by atoms with Gasteiger partial charge in [-0.05, 0) is 36.9 Å². The number of halogens is 1. The highest BCUT2D eigenvalue weighted by Gasteiger charge is 2.06. The van der Waals surface area contributed by atoms with Gasteiger partial charge in [0.25, 0.3) is 0 Å². The first-order chi connectivity index (χ1) is 12.2. The molecule has 0 saturated carbocycles. The molecule has 0 fully saturated rings. The molecule has 0 bridgehead atoms. The summed E-state index contributed by atoms with van der Waals surface area (Å²) in [5, 5.41) is 18.3. The molecule has 3 aromatic rings. The van der Waals surface area contributed by atoms with Crippen molar-refractivity contribution in [3.05, 3.63) is 59.2 Å². The van der Waals surface area contributed by atoms with Gasteiger partial charge in [0.2, 0.25) is 0 Å². The lowest BCUT2D eigenvalue weighted by Crippen LogP contribution is -2.11. The zero-order chi connectivity index (χ0) is 18.2. The molecule has 0 unspecified atom stereocenters. The maximum absolute atomic E-state index is 10.1. The predicted octanol–water partition coefficient (Wildman–Crippen LogP) is 5.47. The van der Waals surface area contributed by atoms with E-state index in [1.54, 1.807) is 12.3 Å². The van der Waals surface area contributed by atoms with Gasteiger partial charge >= 0.3 is 0 Å². The van der Waals surface area contributed by atoms with Gasteiger partial charge in [-0.2, -0.15) is 0 Å². The third-order valence-electron chi connectivity index (χ3n) is 3.63. The van der Waals surface area contributed by atoms with Crippen molar-refractivity contribution in [2.45, 2.75) is 27.3 Å². The van der Waals surface area contributed by atoms with Crippen molar-refractivity contribution < 1.29 is 5.11 Å². The van der Waals surface area contributed by atoms with E-state index in [9.17, 15) is 5.11 Å².